The highest BCUT2D eigenvalue weighted by Crippen LogP contribution is 2.31. The number of carboxylic acids is 1. The zero-order valence-corrected chi connectivity index (χ0v) is 19.6. The Morgan fingerprint density at radius 3 is 2.23 bits per heavy atom. The quantitative estimate of drug-likeness (QED) is 0.512. The molecule has 11 heteroatoms. The van der Waals surface area contributed by atoms with Crippen LogP contribution >= 0.6 is 11.6 Å². The van der Waals surface area contributed by atoms with Crippen LogP contribution in [0.1, 0.15) is 18.4 Å². The maximum absolute atomic E-state index is 10.6. The molecule has 5 rings (SSSR count). The van der Waals surface area contributed by atoms with Crippen LogP contribution in [0.3, 0.4) is 0 Å². The summed E-state index contributed by atoms with van der Waals surface area (Å²) in [5, 5.41) is 11.5. The summed E-state index contributed by atoms with van der Waals surface area (Å²) < 4.78 is 31.7. The van der Waals surface area contributed by atoms with Crippen LogP contribution in [-0.2, 0) is 11.3 Å². The zero-order chi connectivity index (χ0) is 25.0. The number of halogens is 4. The number of para-hydroxylation sites is 2. The van der Waals surface area contributed by atoms with Crippen molar-refractivity contribution in [3.8, 4) is 0 Å². The summed E-state index contributed by atoms with van der Waals surface area (Å²) in [6, 6.07) is 16.8. The second-order valence-electron chi connectivity index (χ2n) is 8.50. The van der Waals surface area contributed by atoms with Crippen LogP contribution < -0.4 is 10.2 Å². The molecule has 2 aromatic carbocycles. The minimum Gasteiger partial charge on any atom is -0.475 e. The Kier molecular flexibility index (Phi) is 7.61. The van der Waals surface area contributed by atoms with E-state index in [0.29, 0.717) is 6.04 Å². The van der Waals surface area contributed by atoms with E-state index in [9.17, 15) is 13.2 Å². The van der Waals surface area contributed by atoms with Crippen LogP contribution in [0.15, 0.2) is 48.5 Å². The molecule has 0 bridgehead atoms. The minimum atomic E-state index is -5.08. The number of nitrogens with zero attached hydrogens (tertiary/aromatic N) is 4. The number of carboxylic acid groups (broad SMARTS) is 1. The van der Waals surface area contributed by atoms with Crippen LogP contribution in [0.25, 0.3) is 11.0 Å². The molecule has 186 valence electrons. The van der Waals surface area contributed by atoms with Crippen LogP contribution in [0, 0.1) is 0 Å². The SMILES string of the molecule is Clc1cccc(CN2CCN(c3nc4ccccc4nc3NC3CC3)CC2)c1.O=C(O)C(F)(F)F. The van der Waals surface area contributed by atoms with Gasteiger partial charge in [-0.2, -0.15) is 13.2 Å². The fourth-order valence-electron chi connectivity index (χ4n) is 3.74. The Morgan fingerprint density at radius 2 is 1.66 bits per heavy atom. The molecule has 0 unspecified atom stereocenters. The van der Waals surface area contributed by atoms with Crippen molar-refractivity contribution in [3.05, 3.63) is 59.1 Å². The lowest BCUT2D eigenvalue weighted by molar-refractivity contribution is -0.192. The Labute approximate surface area is 205 Å². The van der Waals surface area contributed by atoms with Gasteiger partial charge in [-0.05, 0) is 42.7 Å². The predicted octanol–water partition coefficient (Wildman–Crippen LogP) is 4.81. The molecule has 0 amide bonds. The van der Waals surface area contributed by atoms with Gasteiger partial charge in [-0.25, -0.2) is 14.8 Å². The molecule has 1 aliphatic carbocycles. The molecule has 0 atom stereocenters. The van der Waals surface area contributed by atoms with E-state index in [1.165, 1.54) is 18.4 Å². The third-order valence-corrected chi connectivity index (χ3v) is 5.91. The maximum atomic E-state index is 10.6. The molecule has 2 heterocycles. The van der Waals surface area contributed by atoms with E-state index in [0.717, 1.165) is 60.4 Å². The molecule has 2 aliphatic rings. The van der Waals surface area contributed by atoms with Gasteiger partial charge in [0.05, 0.1) is 11.0 Å². The topological polar surface area (TPSA) is 81.6 Å². The van der Waals surface area contributed by atoms with Gasteiger partial charge in [0.2, 0.25) is 0 Å². The average molecular weight is 508 g/mol. The molecule has 1 aromatic heterocycles. The number of anilines is 2. The van der Waals surface area contributed by atoms with E-state index in [-0.39, 0.29) is 0 Å². The van der Waals surface area contributed by atoms with Crippen molar-refractivity contribution in [1.82, 2.24) is 14.9 Å². The van der Waals surface area contributed by atoms with Gasteiger partial charge in [-0.15, -0.1) is 0 Å². The minimum absolute atomic E-state index is 0.554. The summed E-state index contributed by atoms with van der Waals surface area (Å²) in [5.41, 5.74) is 3.18. The molecule has 1 aliphatic heterocycles. The van der Waals surface area contributed by atoms with Crippen molar-refractivity contribution < 1.29 is 23.1 Å². The van der Waals surface area contributed by atoms with Crippen LogP contribution in [0.4, 0.5) is 24.8 Å². The molecule has 0 radical (unpaired) electrons. The van der Waals surface area contributed by atoms with Crippen LogP contribution in [-0.4, -0.2) is 64.3 Å². The Bertz CT molecular complexity index is 1180. The number of hydrogen-bond donors (Lipinski definition) is 2. The fraction of sp³-hybridized carbons (Fsp3) is 0.375. The fourth-order valence-corrected chi connectivity index (χ4v) is 3.95. The van der Waals surface area contributed by atoms with Gasteiger partial charge >= 0.3 is 12.1 Å². The number of benzene rings is 2. The normalized spacial score (nSPS) is 16.5. The Hall–Kier alpha value is -3.11. The number of aromatic nitrogens is 2. The summed E-state index contributed by atoms with van der Waals surface area (Å²) in [5.74, 6) is -0.829. The summed E-state index contributed by atoms with van der Waals surface area (Å²) in [4.78, 5) is 23.6. The molecule has 3 aromatic rings. The number of rotatable bonds is 5. The molecular formula is C24H25ClF3N5O2. The van der Waals surface area contributed by atoms with Gasteiger partial charge in [0, 0.05) is 43.8 Å². The van der Waals surface area contributed by atoms with Gasteiger partial charge in [-0.3, -0.25) is 4.90 Å². The van der Waals surface area contributed by atoms with Crippen LogP contribution in [0.2, 0.25) is 5.02 Å². The summed E-state index contributed by atoms with van der Waals surface area (Å²) in [6.45, 7) is 4.85. The molecule has 2 N–H and O–H groups in total. The molecular weight excluding hydrogens is 483 g/mol. The van der Waals surface area contributed by atoms with E-state index >= 15 is 0 Å². The van der Waals surface area contributed by atoms with Crippen molar-refractivity contribution in [2.75, 3.05) is 36.4 Å². The van der Waals surface area contributed by atoms with Gasteiger partial charge in [0.15, 0.2) is 11.6 Å². The predicted molar refractivity (Wildman–Crippen MR) is 129 cm³/mol. The van der Waals surface area contributed by atoms with E-state index in [2.05, 4.69) is 27.2 Å². The first kappa shape index (κ1) is 25.0. The van der Waals surface area contributed by atoms with Crippen molar-refractivity contribution in [1.29, 1.82) is 0 Å². The summed E-state index contributed by atoms with van der Waals surface area (Å²) in [6.07, 6.45) is -2.64. The van der Waals surface area contributed by atoms with Crippen LogP contribution in [0.5, 0.6) is 0 Å². The molecule has 35 heavy (non-hydrogen) atoms. The number of aliphatic carboxylic acids is 1. The highest BCUT2D eigenvalue weighted by atomic mass is 35.5. The molecule has 1 saturated carbocycles. The van der Waals surface area contributed by atoms with Crippen molar-refractivity contribution in [3.63, 3.8) is 0 Å². The number of fused-ring (bicyclic) bond motifs is 1. The lowest BCUT2D eigenvalue weighted by atomic mass is 10.2. The lowest BCUT2D eigenvalue weighted by Crippen LogP contribution is -2.46. The summed E-state index contributed by atoms with van der Waals surface area (Å²) in [7, 11) is 0. The third-order valence-electron chi connectivity index (χ3n) is 5.68. The largest absolute Gasteiger partial charge is 0.490 e. The molecule has 7 nitrogen and oxygen atoms in total. The highest BCUT2D eigenvalue weighted by Gasteiger charge is 2.38. The van der Waals surface area contributed by atoms with E-state index in [1.54, 1.807) is 0 Å². The first-order valence-electron chi connectivity index (χ1n) is 11.2. The molecule has 1 saturated heterocycles. The lowest BCUT2D eigenvalue weighted by Gasteiger charge is -2.36. The second kappa shape index (κ2) is 10.7. The third kappa shape index (κ3) is 6.95. The Morgan fingerprint density at radius 1 is 1.03 bits per heavy atom. The first-order chi connectivity index (χ1) is 16.7. The number of carbonyl (C=O) groups is 1. The molecule has 0 spiro atoms. The summed E-state index contributed by atoms with van der Waals surface area (Å²) >= 11 is 6.13. The number of alkyl halides is 3. The highest BCUT2D eigenvalue weighted by molar-refractivity contribution is 6.30. The van der Waals surface area contributed by atoms with E-state index in [1.807, 2.05) is 36.4 Å². The van der Waals surface area contributed by atoms with Crippen molar-refractivity contribution >= 4 is 40.2 Å². The first-order valence-corrected chi connectivity index (χ1v) is 11.6. The number of piperazine rings is 1. The van der Waals surface area contributed by atoms with Crippen molar-refractivity contribution in [2.45, 2.75) is 31.6 Å². The van der Waals surface area contributed by atoms with Gasteiger partial charge < -0.3 is 15.3 Å². The van der Waals surface area contributed by atoms with E-state index < -0.39 is 12.1 Å². The standard InChI is InChI=1S/C22H24ClN5.C2HF3O2/c23-17-5-3-4-16(14-17)15-27-10-12-28(13-11-27)22-21(24-18-8-9-18)25-19-6-1-2-7-20(19)26-22;3-2(4,5)1(6)7/h1-7,14,18H,8-13,15H2,(H,24,25);(H,6,7). The molecule has 2 fully saturated rings. The van der Waals surface area contributed by atoms with Gasteiger partial charge in [0.25, 0.3) is 0 Å². The monoisotopic (exact) mass is 507 g/mol. The smallest absolute Gasteiger partial charge is 0.475 e. The van der Waals surface area contributed by atoms with E-state index in [4.69, 9.17) is 31.5 Å². The maximum Gasteiger partial charge on any atom is 0.490 e. The average Bonchev–Trinajstić information content (AvgIpc) is 3.63. The number of nitrogens with one attached hydrogen (secondary N) is 1. The van der Waals surface area contributed by atoms with Gasteiger partial charge in [-0.1, -0.05) is 35.9 Å². The van der Waals surface area contributed by atoms with Gasteiger partial charge in [0.1, 0.15) is 0 Å². The second-order valence-corrected chi connectivity index (χ2v) is 8.94. The number of hydrogen-bond acceptors (Lipinski definition) is 6. The Balaban J connectivity index is 0.000000364. The zero-order valence-electron chi connectivity index (χ0n) is 18.8. The van der Waals surface area contributed by atoms with Crippen molar-refractivity contribution in [2.24, 2.45) is 0 Å².